The molecule has 0 aromatic heterocycles. The van der Waals surface area contributed by atoms with Crippen molar-refractivity contribution in [3.05, 3.63) is 59.2 Å². The third-order valence-electron chi connectivity index (χ3n) is 5.45. The molecule has 0 saturated carbocycles. The molecule has 1 amide bonds. The smallest absolute Gasteiger partial charge is 0.224 e. The highest BCUT2D eigenvalue weighted by Gasteiger charge is 2.22. The van der Waals surface area contributed by atoms with Gasteiger partial charge < -0.3 is 19.5 Å². The molecule has 1 N–H and O–H groups in total. The Bertz CT molecular complexity index is 875. The van der Waals surface area contributed by atoms with Crippen LogP contribution in [0.15, 0.2) is 42.5 Å². The van der Waals surface area contributed by atoms with E-state index >= 15 is 0 Å². The maximum Gasteiger partial charge on any atom is 0.224 e. The van der Waals surface area contributed by atoms with Crippen LogP contribution in [0.4, 0.5) is 0 Å². The first-order chi connectivity index (χ1) is 14.6. The van der Waals surface area contributed by atoms with Crippen molar-refractivity contribution in [2.45, 2.75) is 45.6 Å². The first-order valence-corrected chi connectivity index (χ1v) is 10.7. The Kier molecular flexibility index (Phi) is 6.55. The van der Waals surface area contributed by atoms with E-state index in [0.29, 0.717) is 31.9 Å². The zero-order chi connectivity index (χ0) is 20.9. The lowest BCUT2D eigenvalue weighted by atomic mass is 10.1. The molecule has 2 atom stereocenters. The zero-order valence-corrected chi connectivity index (χ0v) is 17.7. The van der Waals surface area contributed by atoms with Crippen molar-refractivity contribution in [3.63, 3.8) is 0 Å². The lowest BCUT2D eigenvalue weighted by Gasteiger charge is -2.35. The van der Waals surface area contributed by atoms with E-state index in [-0.39, 0.29) is 18.1 Å². The summed E-state index contributed by atoms with van der Waals surface area (Å²) in [6.07, 6.45) is 0.801. The second kappa shape index (κ2) is 9.49. The minimum atomic E-state index is -0.00454. The van der Waals surface area contributed by atoms with Crippen molar-refractivity contribution in [2.75, 3.05) is 26.3 Å². The Morgan fingerprint density at radius 1 is 1.00 bits per heavy atom. The molecule has 2 heterocycles. The van der Waals surface area contributed by atoms with Gasteiger partial charge in [0.2, 0.25) is 5.91 Å². The standard InChI is InChI=1S/C24H30N2O4/c1-17-14-26(15-18(2)30-17)16-21-6-4-3-5-20(21)13-25-24(27)12-19-7-8-22-23(11-19)29-10-9-28-22/h3-8,11,17-18H,9-10,12-16H2,1-2H3,(H,25,27)/t17-,18+. The largest absolute Gasteiger partial charge is 0.486 e. The molecule has 2 aromatic rings. The summed E-state index contributed by atoms with van der Waals surface area (Å²) in [6, 6.07) is 14.0. The van der Waals surface area contributed by atoms with E-state index in [1.54, 1.807) is 0 Å². The molecule has 2 aliphatic rings. The van der Waals surface area contributed by atoms with Crippen LogP contribution >= 0.6 is 0 Å². The monoisotopic (exact) mass is 410 g/mol. The number of nitrogens with one attached hydrogen (secondary N) is 1. The normalized spacial score (nSPS) is 21.3. The fraction of sp³-hybridized carbons (Fsp3) is 0.458. The molecule has 2 aliphatic heterocycles. The average molecular weight is 411 g/mol. The summed E-state index contributed by atoms with van der Waals surface area (Å²) in [4.78, 5) is 15.0. The van der Waals surface area contributed by atoms with Crippen LogP contribution in [-0.2, 0) is 29.0 Å². The molecular formula is C24H30N2O4. The van der Waals surface area contributed by atoms with Crippen LogP contribution in [0.1, 0.15) is 30.5 Å². The number of hydrogen-bond acceptors (Lipinski definition) is 5. The highest BCUT2D eigenvalue weighted by atomic mass is 16.6. The minimum absolute atomic E-state index is 0.00454. The number of carbonyl (C=O) groups excluding carboxylic acids is 1. The number of rotatable bonds is 6. The minimum Gasteiger partial charge on any atom is -0.486 e. The maximum atomic E-state index is 12.5. The van der Waals surface area contributed by atoms with E-state index in [2.05, 4.69) is 42.3 Å². The van der Waals surface area contributed by atoms with Crippen LogP contribution in [0.5, 0.6) is 11.5 Å². The Hall–Kier alpha value is -2.57. The van der Waals surface area contributed by atoms with E-state index in [4.69, 9.17) is 14.2 Å². The van der Waals surface area contributed by atoms with Gasteiger partial charge in [0, 0.05) is 26.2 Å². The number of nitrogens with zero attached hydrogens (tertiary/aromatic N) is 1. The van der Waals surface area contributed by atoms with Crippen molar-refractivity contribution < 1.29 is 19.0 Å². The molecule has 160 valence electrons. The average Bonchev–Trinajstić information content (AvgIpc) is 2.72. The third-order valence-corrected chi connectivity index (χ3v) is 5.45. The summed E-state index contributed by atoms with van der Waals surface area (Å²) in [7, 11) is 0. The Morgan fingerprint density at radius 3 is 2.47 bits per heavy atom. The molecule has 4 rings (SSSR count). The molecule has 0 spiro atoms. The van der Waals surface area contributed by atoms with Crippen LogP contribution in [0, 0.1) is 0 Å². The highest BCUT2D eigenvalue weighted by molar-refractivity contribution is 5.78. The molecule has 2 aromatic carbocycles. The second-order valence-corrected chi connectivity index (χ2v) is 8.15. The van der Waals surface area contributed by atoms with Crippen LogP contribution < -0.4 is 14.8 Å². The van der Waals surface area contributed by atoms with Crippen LogP contribution in [-0.4, -0.2) is 49.3 Å². The summed E-state index contributed by atoms with van der Waals surface area (Å²) in [6.45, 7) is 8.58. The molecule has 30 heavy (non-hydrogen) atoms. The summed E-state index contributed by atoms with van der Waals surface area (Å²) in [5.74, 6) is 1.45. The molecule has 6 nitrogen and oxygen atoms in total. The molecule has 0 bridgehead atoms. The van der Waals surface area contributed by atoms with Crippen LogP contribution in [0.2, 0.25) is 0 Å². The number of benzene rings is 2. The van der Waals surface area contributed by atoms with Crippen molar-refractivity contribution in [3.8, 4) is 11.5 Å². The van der Waals surface area contributed by atoms with Gasteiger partial charge in [-0.2, -0.15) is 0 Å². The predicted molar refractivity (Wildman–Crippen MR) is 115 cm³/mol. The van der Waals surface area contributed by atoms with Gasteiger partial charge in [-0.15, -0.1) is 0 Å². The van der Waals surface area contributed by atoms with E-state index < -0.39 is 0 Å². The number of carbonyl (C=O) groups is 1. The van der Waals surface area contributed by atoms with Crippen LogP contribution in [0.3, 0.4) is 0 Å². The lowest BCUT2D eigenvalue weighted by Crippen LogP contribution is -2.45. The first kappa shape index (κ1) is 20.7. The Morgan fingerprint density at radius 2 is 1.70 bits per heavy atom. The molecular weight excluding hydrogens is 380 g/mol. The highest BCUT2D eigenvalue weighted by Crippen LogP contribution is 2.30. The van der Waals surface area contributed by atoms with Gasteiger partial charge in [-0.25, -0.2) is 0 Å². The summed E-state index contributed by atoms with van der Waals surface area (Å²) in [5, 5.41) is 3.07. The zero-order valence-electron chi connectivity index (χ0n) is 17.7. The topological polar surface area (TPSA) is 60.0 Å². The van der Waals surface area contributed by atoms with E-state index in [1.165, 1.54) is 5.56 Å². The number of fused-ring (bicyclic) bond motifs is 1. The molecule has 1 fully saturated rings. The maximum absolute atomic E-state index is 12.5. The number of amides is 1. The van der Waals surface area contributed by atoms with Gasteiger partial charge in [0.05, 0.1) is 18.6 Å². The van der Waals surface area contributed by atoms with E-state index in [1.807, 2.05) is 24.3 Å². The molecule has 6 heteroatoms. The van der Waals surface area contributed by atoms with E-state index in [9.17, 15) is 4.79 Å². The van der Waals surface area contributed by atoms with Gasteiger partial charge >= 0.3 is 0 Å². The quantitative estimate of drug-likeness (QED) is 0.794. The van der Waals surface area contributed by atoms with Gasteiger partial charge in [0.15, 0.2) is 11.5 Å². The van der Waals surface area contributed by atoms with E-state index in [0.717, 1.165) is 36.5 Å². The van der Waals surface area contributed by atoms with Gasteiger partial charge in [-0.05, 0) is 42.7 Å². The second-order valence-electron chi connectivity index (χ2n) is 8.15. The van der Waals surface area contributed by atoms with Gasteiger partial charge in [-0.3, -0.25) is 9.69 Å². The van der Waals surface area contributed by atoms with Crippen molar-refractivity contribution in [1.29, 1.82) is 0 Å². The number of hydrogen-bond donors (Lipinski definition) is 1. The molecule has 0 aliphatic carbocycles. The third kappa shape index (κ3) is 5.32. The fourth-order valence-electron chi connectivity index (χ4n) is 4.18. The van der Waals surface area contributed by atoms with Gasteiger partial charge in [0.1, 0.15) is 13.2 Å². The Labute approximate surface area is 178 Å². The Balaban J connectivity index is 1.34. The van der Waals surface area contributed by atoms with Gasteiger partial charge in [-0.1, -0.05) is 30.3 Å². The molecule has 0 radical (unpaired) electrons. The first-order valence-electron chi connectivity index (χ1n) is 10.7. The molecule has 0 unspecified atom stereocenters. The fourth-order valence-corrected chi connectivity index (χ4v) is 4.18. The van der Waals surface area contributed by atoms with Crippen molar-refractivity contribution >= 4 is 5.91 Å². The number of morpholine rings is 1. The summed E-state index contributed by atoms with van der Waals surface area (Å²) in [5.41, 5.74) is 3.32. The predicted octanol–water partition coefficient (Wildman–Crippen LogP) is 2.93. The van der Waals surface area contributed by atoms with Crippen molar-refractivity contribution in [1.82, 2.24) is 10.2 Å². The molecule has 1 saturated heterocycles. The lowest BCUT2D eigenvalue weighted by molar-refractivity contribution is -0.120. The summed E-state index contributed by atoms with van der Waals surface area (Å²) >= 11 is 0. The van der Waals surface area contributed by atoms with Crippen LogP contribution in [0.25, 0.3) is 0 Å². The van der Waals surface area contributed by atoms with Crippen molar-refractivity contribution in [2.24, 2.45) is 0 Å². The van der Waals surface area contributed by atoms with Gasteiger partial charge in [0.25, 0.3) is 0 Å². The number of ether oxygens (including phenoxy) is 3. The SMILES string of the molecule is C[C@@H]1CN(Cc2ccccc2CNC(=O)Cc2ccc3c(c2)OCCO3)C[C@H](C)O1. The summed E-state index contributed by atoms with van der Waals surface area (Å²) < 4.78 is 17.0.